The molecule has 2 aliphatic carbocycles. The second kappa shape index (κ2) is 5.10. The number of carbonyl (C=O) groups excluding carboxylic acids is 1. The molecule has 1 saturated carbocycles. The van der Waals surface area contributed by atoms with Crippen LogP contribution in [0.4, 0.5) is 0 Å². The number of rotatable bonds is 2. The first-order valence-corrected chi connectivity index (χ1v) is 8.07. The Morgan fingerprint density at radius 3 is 2.76 bits per heavy atom. The molecule has 1 N–H and O–H groups in total. The van der Waals surface area contributed by atoms with E-state index in [1.54, 1.807) is 0 Å². The third-order valence-corrected chi connectivity index (χ3v) is 5.73. The van der Waals surface area contributed by atoms with Crippen LogP contribution in [0.25, 0.3) is 0 Å². The van der Waals surface area contributed by atoms with Crippen molar-refractivity contribution in [3.63, 3.8) is 0 Å². The molecule has 3 rings (SSSR count). The zero-order valence-electron chi connectivity index (χ0n) is 13.6. The molecule has 0 spiro atoms. The molecule has 2 unspecified atom stereocenters. The predicted molar refractivity (Wildman–Crippen MR) is 80.7 cm³/mol. The molecule has 3 aliphatic rings. The molecular formula is C17H27NO3. The van der Waals surface area contributed by atoms with Crippen LogP contribution in [-0.4, -0.2) is 48.3 Å². The van der Waals surface area contributed by atoms with Crippen molar-refractivity contribution in [1.29, 1.82) is 0 Å². The Labute approximate surface area is 127 Å². The molecule has 5 atom stereocenters. The Bertz CT molecular complexity index is 480. The van der Waals surface area contributed by atoms with Crippen molar-refractivity contribution in [2.75, 3.05) is 20.6 Å². The van der Waals surface area contributed by atoms with Gasteiger partial charge in [0.2, 0.25) is 0 Å². The van der Waals surface area contributed by atoms with Gasteiger partial charge in [-0.25, -0.2) is 0 Å². The van der Waals surface area contributed by atoms with Gasteiger partial charge in [-0.05, 0) is 53.6 Å². The van der Waals surface area contributed by atoms with Crippen LogP contribution in [0.15, 0.2) is 11.1 Å². The minimum Gasteiger partial charge on any atom is -0.461 e. The first kappa shape index (κ1) is 15.0. The van der Waals surface area contributed by atoms with Crippen molar-refractivity contribution in [2.45, 2.75) is 51.2 Å². The number of nitrogens with zero attached hydrogens (tertiary/aromatic N) is 1. The normalized spacial score (nSPS) is 42.9. The number of allylic oxidation sites excluding steroid dienone is 1. The van der Waals surface area contributed by atoms with Crippen molar-refractivity contribution in [3.8, 4) is 0 Å². The maximum Gasteiger partial charge on any atom is 0.310 e. The molecule has 0 aromatic carbocycles. The number of carbonyl (C=O) groups is 1. The van der Waals surface area contributed by atoms with Gasteiger partial charge in [0, 0.05) is 18.4 Å². The predicted octanol–water partition coefficient (Wildman–Crippen LogP) is 1.98. The molecule has 4 nitrogen and oxygen atoms in total. The second-order valence-electron chi connectivity index (χ2n) is 7.61. The zero-order chi connectivity index (χ0) is 15.4. The van der Waals surface area contributed by atoms with E-state index in [0.717, 1.165) is 32.2 Å². The lowest BCUT2D eigenvalue weighted by Gasteiger charge is -2.33. The average molecular weight is 293 g/mol. The number of ether oxygens (including phenoxy) is 1. The SMILES string of the molecule is CC1=C2CC[C@@](C)(O)[C@@H]2[C@H]2OC(=O)C(CN(C)C)C2CC1. The summed E-state index contributed by atoms with van der Waals surface area (Å²) in [7, 11) is 4.00. The highest BCUT2D eigenvalue weighted by atomic mass is 16.6. The topological polar surface area (TPSA) is 49.8 Å². The number of hydrogen-bond donors (Lipinski definition) is 1. The summed E-state index contributed by atoms with van der Waals surface area (Å²) in [4.78, 5) is 14.4. The summed E-state index contributed by atoms with van der Waals surface area (Å²) in [6.07, 6.45) is 3.62. The number of fused-ring (bicyclic) bond motifs is 3. The van der Waals surface area contributed by atoms with Gasteiger partial charge in [0.1, 0.15) is 6.10 Å². The van der Waals surface area contributed by atoms with E-state index in [2.05, 4.69) is 11.8 Å². The molecule has 2 fully saturated rings. The monoisotopic (exact) mass is 293 g/mol. The molecule has 1 saturated heterocycles. The van der Waals surface area contributed by atoms with Crippen LogP contribution in [0.5, 0.6) is 0 Å². The van der Waals surface area contributed by atoms with Gasteiger partial charge >= 0.3 is 5.97 Å². The van der Waals surface area contributed by atoms with Crippen LogP contribution in [0, 0.1) is 17.8 Å². The molecule has 0 aromatic heterocycles. The van der Waals surface area contributed by atoms with E-state index in [1.807, 2.05) is 21.0 Å². The summed E-state index contributed by atoms with van der Waals surface area (Å²) < 4.78 is 5.80. The third-order valence-electron chi connectivity index (χ3n) is 5.73. The Kier molecular flexibility index (Phi) is 3.65. The molecular weight excluding hydrogens is 266 g/mol. The van der Waals surface area contributed by atoms with Gasteiger partial charge in [0.15, 0.2) is 0 Å². The number of hydrogen-bond acceptors (Lipinski definition) is 4. The van der Waals surface area contributed by atoms with Gasteiger partial charge in [-0.2, -0.15) is 0 Å². The highest BCUT2D eigenvalue weighted by Gasteiger charge is 2.56. The van der Waals surface area contributed by atoms with Crippen molar-refractivity contribution < 1.29 is 14.6 Å². The van der Waals surface area contributed by atoms with Gasteiger partial charge in [0.25, 0.3) is 0 Å². The molecule has 0 aromatic rings. The third kappa shape index (κ3) is 2.42. The average Bonchev–Trinajstić information content (AvgIpc) is 2.79. The summed E-state index contributed by atoms with van der Waals surface area (Å²) in [5, 5.41) is 10.8. The lowest BCUT2D eigenvalue weighted by atomic mass is 9.77. The first-order chi connectivity index (χ1) is 9.81. The van der Waals surface area contributed by atoms with E-state index in [9.17, 15) is 9.90 Å². The van der Waals surface area contributed by atoms with Crippen molar-refractivity contribution in [3.05, 3.63) is 11.1 Å². The second-order valence-corrected chi connectivity index (χ2v) is 7.61. The standard InChI is InChI=1S/C17H27NO3/c1-10-5-6-12-13(9-18(3)4)16(19)21-15(12)14-11(10)7-8-17(14,2)20/h12-15,20H,5-9H2,1-4H3/t12?,13?,14-,15-,17+/m0/s1. The van der Waals surface area contributed by atoms with Gasteiger partial charge in [-0.1, -0.05) is 11.1 Å². The Morgan fingerprint density at radius 2 is 2.10 bits per heavy atom. The highest BCUT2D eigenvalue weighted by Crippen LogP contribution is 2.52. The molecule has 1 heterocycles. The van der Waals surface area contributed by atoms with Gasteiger partial charge in [0.05, 0.1) is 11.5 Å². The molecule has 0 radical (unpaired) electrons. The molecule has 4 heteroatoms. The van der Waals surface area contributed by atoms with E-state index >= 15 is 0 Å². The van der Waals surface area contributed by atoms with E-state index in [-0.39, 0.29) is 29.8 Å². The zero-order valence-corrected chi connectivity index (χ0v) is 13.6. The lowest BCUT2D eigenvalue weighted by molar-refractivity contribution is -0.148. The van der Waals surface area contributed by atoms with Crippen molar-refractivity contribution in [1.82, 2.24) is 4.90 Å². The van der Waals surface area contributed by atoms with E-state index < -0.39 is 5.60 Å². The molecule has 0 bridgehead atoms. The summed E-state index contributed by atoms with van der Waals surface area (Å²) >= 11 is 0. The quantitative estimate of drug-likeness (QED) is 0.625. The van der Waals surface area contributed by atoms with Gasteiger partial charge < -0.3 is 14.7 Å². The number of esters is 1. The lowest BCUT2D eigenvalue weighted by Crippen LogP contribution is -2.41. The Morgan fingerprint density at radius 1 is 1.38 bits per heavy atom. The maximum atomic E-state index is 12.3. The van der Waals surface area contributed by atoms with Gasteiger partial charge in [-0.15, -0.1) is 0 Å². The van der Waals surface area contributed by atoms with Crippen LogP contribution in [-0.2, 0) is 9.53 Å². The summed E-state index contributed by atoms with van der Waals surface area (Å²) in [5.74, 6) is 0.122. The molecule has 21 heavy (non-hydrogen) atoms. The summed E-state index contributed by atoms with van der Waals surface area (Å²) in [5.41, 5.74) is 2.02. The minimum absolute atomic E-state index is 0.00103. The molecule has 118 valence electrons. The van der Waals surface area contributed by atoms with Gasteiger partial charge in [-0.3, -0.25) is 4.79 Å². The van der Waals surface area contributed by atoms with Crippen LogP contribution >= 0.6 is 0 Å². The fourth-order valence-corrected chi connectivity index (χ4v) is 4.65. The fourth-order valence-electron chi connectivity index (χ4n) is 4.65. The van der Waals surface area contributed by atoms with Crippen LogP contribution in [0.2, 0.25) is 0 Å². The number of aliphatic hydroxyl groups is 1. The smallest absolute Gasteiger partial charge is 0.310 e. The minimum atomic E-state index is -0.739. The maximum absolute atomic E-state index is 12.3. The van der Waals surface area contributed by atoms with Crippen LogP contribution in [0.1, 0.15) is 39.5 Å². The first-order valence-electron chi connectivity index (χ1n) is 8.07. The Balaban J connectivity index is 1.95. The Hall–Kier alpha value is -0.870. The van der Waals surface area contributed by atoms with E-state index in [4.69, 9.17) is 4.74 Å². The van der Waals surface area contributed by atoms with Crippen LogP contribution in [0.3, 0.4) is 0 Å². The summed E-state index contributed by atoms with van der Waals surface area (Å²) in [6.45, 7) is 4.84. The van der Waals surface area contributed by atoms with Crippen LogP contribution < -0.4 is 0 Å². The molecule has 0 amide bonds. The fraction of sp³-hybridized carbons (Fsp3) is 0.824. The van der Waals surface area contributed by atoms with Crippen molar-refractivity contribution in [2.24, 2.45) is 17.8 Å². The van der Waals surface area contributed by atoms with Crippen molar-refractivity contribution >= 4 is 5.97 Å². The van der Waals surface area contributed by atoms with E-state index in [1.165, 1.54) is 11.1 Å². The highest BCUT2D eigenvalue weighted by molar-refractivity contribution is 5.76. The molecule has 1 aliphatic heterocycles. The van der Waals surface area contributed by atoms with E-state index in [0.29, 0.717) is 0 Å². The summed E-state index contributed by atoms with van der Waals surface area (Å²) in [6, 6.07) is 0. The largest absolute Gasteiger partial charge is 0.461 e.